The maximum atomic E-state index is 6.23. The molecule has 3 aromatic rings. The van der Waals surface area contributed by atoms with Crippen LogP contribution in [0.3, 0.4) is 0 Å². The fraction of sp³-hybridized carbons (Fsp3) is 0.667. The van der Waals surface area contributed by atoms with Crippen molar-refractivity contribution >= 4 is 26.8 Å². The molecule has 0 radical (unpaired) electrons. The van der Waals surface area contributed by atoms with Crippen molar-refractivity contribution in [3.63, 3.8) is 0 Å². The molecule has 8 heteroatoms. The van der Waals surface area contributed by atoms with Crippen LogP contribution in [0.1, 0.15) is 104 Å². The Hall–Kier alpha value is -2.06. The second-order valence-electron chi connectivity index (χ2n) is 9.93. The molecule has 1 N–H and O–H groups in total. The molecule has 3 aromatic heterocycles. The van der Waals surface area contributed by atoms with Crippen molar-refractivity contribution in [3.05, 3.63) is 29.0 Å². The lowest BCUT2D eigenvalue weighted by Crippen LogP contribution is -2.21. The summed E-state index contributed by atoms with van der Waals surface area (Å²) >= 11 is 1.74. The molecule has 3 fully saturated rings. The van der Waals surface area contributed by atoms with Crippen molar-refractivity contribution in [1.29, 1.82) is 0 Å². The third-order valence-electron chi connectivity index (χ3n) is 7.32. The fourth-order valence-corrected chi connectivity index (χ4v) is 6.37. The van der Waals surface area contributed by atoms with E-state index in [2.05, 4.69) is 29.2 Å². The van der Waals surface area contributed by atoms with Crippen LogP contribution in [0.5, 0.6) is 0 Å². The minimum absolute atomic E-state index is 0.0771. The van der Waals surface area contributed by atoms with Gasteiger partial charge in [0, 0.05) is 50.2 Å². The third kappa shape index (κ3) is 3.81. The summed E-state index contributed by atoms with van der Waals surface area (Å²) < 4.78 is 7.42. The van der Waals surface area contributed by atoms with E-state index in [0.717, 1.165) is 36.1 Å². The van der Waals surface area contributed by atoms with Gasteiger partial charge >= 0.3 is 0 Å². The van der Waals surface area contributed by atoms with E-state index in [-0.39, 0.29) is 6.10 Å². The molecule has 1 aliphatic heterocycles. The zero-order valence-corrected chi connectivity index (χ0v) is 19.8. The average molecular weight is 453 g/mol. The number of hydrogen-bond donors (Lipinski definition) is 1. The maximum absolute atomic E-state index is 6.23. The first-order chi connectivity index (χ1) is 15.7. The quantitative estimate of drug-likeness (QED) is 0.555. The monoisotopic (exact) mass is 452 g/mol. The van der Waals surface area contributed by atoms with E-state index in [1.807, 2.05) is 6.20 Å². The number of hydrogen-bond acceptors (Lipinski definition) is 7. The minimum atomic E-state index is 0.0771. The Morgan fingerprint density at radius 2 is 1.75 bits per heavy atom. The molecule has 7 nitrogen and oxygen atoms in total. The number of ether oxygens (including phenoxy) is 1. The van der Waals surface area contributed by atoms with Gasteiger partial charge in [-0.15, -0.1) is 0 Å². The Kier molecular flexibility index (Phi) is 5.38. The molecule has 2 aliphatic carbocycles. The minimum Gasteiger partial charge on any atom is -0.373 e. The highest BCUT2D eigenvalue weighted by molar-refractivity contribution is 7.22. The van der Waals surface area contributed by atoms with Gasteiger partial charge < -0.3 is 9.64 Å². The van der Waals surface area contributed by atoms with Gasteiger partial charge in [-0.3, -0.25) is 5.10 Å². The molecule has 2 saturated carbocycles. The molecule has 3 aliphatic rings. The van der Waals surface area contributed by atoms with Crippen molar-refractivity contribution < 1.29 is 4.74 Å². The van der Waals surface area contributed by atoms with Crippen LogP contribution in [0.4, 0.5) is 5.13 Å². The molecule has 2 atom stereocenters. The van der Waals surface area contributed by atoms with Gasteiger partial charge in [0.2, 0.25) is 0 Å². The first-order valence-corrected chi connectivity index (χ1v) is 13.0. The van der Waals surface area contributed by atoms with E-state index < -0.39 is 0 Å². The van der Waals surface area contributed by atoms with Crippen molar-refractivity contribution in [2.24, 2.45) is 0 Å². The van der Waals surface area contributed by atoms with Gasteiger partial charge in [0.05, 0.1) is 22.2 Å². The maximum Gasteiger partial charge on any atom is 0.187 e. The average Bonchev–Trinajstić information content (AvgIpc) is 3.38. The largest absolute Gasteiger partial charge is 0.373 e. The van der Waals surface area contributed by atoms with Gasteiger partial charge in [0.25, 0.3) is 0 Å². The van der Waals surface area contributed by atoms with Crippen LogP contribution in [-0.2, 0) is 4.74 Å². The summed E-state index contributed by atoms with van der Waals surface area (Å²) in [6.07, 6.45) is 12.9. The van der Waals surface area contributed by atoms with Crippen LogP contribution < -0.4 is 4.90 Å². The predicted molar refractivity (Wildman–Crippen MR) is 127 cm³/mol. The van der Waals surface area contributed by atoms with Crippen LogP contribution in [0, 0.1) is 0 Å². The summed E-state index contributed by atoms with van der Waals surface area (Å²) in [6, 6.07) is 0. The molecule has 0 bridgehead atoms. The zero-order valence-electron chi connectivity index (χ0n) is 19.0. The highest BCUT2D eigenvalue weighted by Crippen LogP contribution is 2.46. The summed E-state index contributed by atoms with van der Waals surface area (Å²) in [5, 5.41) is 8.64. The number of rotatable bonds is 5. The molecule has 0 unspecified atom stereocenters. The highest BCUT2D eigenvalue weighted by Gasteiger charge is 2.35. The van der Waals surface area contributed by atoms with Gasteiger partial charge in [0.15, 0.2) is 10.8 Å². The second kappa shape index (κ2) is 8.37. The molecule has 170 valence electrons. The topological polar surface area (TPSA) is 79.8 Å². The van der Waals surface area contributed by atoms with Gasteiger partial charge in [0.1, 0.15) is 5.82 Å². The van der Waals surface area contributed by atoms with Gasteiger partial charge in [-0.05, 0) is 38.5 Å². The van der Waals surface area contributed by atoms with E-state index in [1.54, 1.807) is 11.3 Å². The van der Waals surface area contributed by atoms with Crippen LogP contribution in [-0.4, -0.2) is 45.9 Å². The number of nitrogens with zero attached hydrogens (tertiary/aromatic N) is 5. The van der Waals surface area contributed by atoms with Crippen LogP contribution in [0.15, 0.2) is 6.20 Å². The molecule has 0 aromatic carbocycles. The predicted octanol–water partition coefficient (Wildman–Crippen LogP) is 5.44. The van der Waals surface area contributed by atoms with Crippen LogP contribution in [0.25, 0.3) is 10.3 Å². The van der Waals surface area contributed by atoms with Gasteiger partial charge in [-0.2, -0.15) is 10.1 Å². The molecular formula is C24H32N6OS. The summed E-state index contributed by atoms with van der Waals surface area (Å²) in [7, 11) is 4.11. The molecular weight excluding hydrogens is 420 g/mol. The fourth-order valence-electron chi connectivity index (χ4n) is 5.38. The molecule has 0 amide bonds. The summed E-state index contributed by atoms with van der Waals surface area (Å²) in [6.45, 7) is 0.741. The van der Waals surface area contributed by atoms with Crippen LogP contribution >= 0.6 is 11.3 Å². The van der Waals surface area contributed by atoms with Crippen molar-refractivity contribution in [1.82, 2.24) is 25.1 Å². The lowest BCUT2D eigenvalue weighted by Gasteiger charge is -2.29. The number of nitrogens with one attached hydrogen (secondary N) is 1. The number of aromatic nitrogens is 5. The lowest BCUT2D eigenvalue weighted by atomic mass is 9.86. The molecule has 0 spiro atoms. The van der Waals surface area contributed by atoms with Crippen LogP contribution in [0.2, 0.25) is 0 Å². The molecule has 6 rings (SSSR count). The third-order valence-corrected chi connectivity index (χ3v) is 8.56. The molecule has 1 saturated heterocycles. The number of anilines is 1. The summed E-state index contributed by atoms with van der Waals surface area (Å²) in [5.41, 5.74) is 4.59. The first kappa shape index (κ1) is 20.5. The summed E-state index contributed by atoms with van der Waals surface area (Å²) in [5.74, 6) is 2.42. The first-order valence-electron chi connectivity index (χ1n) is 12.2. The normalized spacial score (nSPS) is 24.8. The Morgan fingerprint density at radius 1 is 0.938 bits per heavy atom. The molecule has 32 heavy (non-hydrogen) atoms. The van der Waals surface area contributed by atoms with Gasteiger partial charge in [-0.25, -0.2) is 9.97 Å². The van der Waals surface area contributed by atoms with Crippen molar-refractivity contribution in [3.8, 4) is 0 Å². The highest BCUT2D eigenvalue weighted by atomic mass is 32.1. The number of H-pyrrole nitrogens is 1. The zero-order chi connectivity index (χ0) is 21.7. The van der Waals surface area contributed by atoms with E-state index in [1.165, 1.54) is 66.6 Å². The molecule has 4 heterocycles. The van der Waals surface area contributed by atoms with Crippen molar-refractivity contribution in [2.45, 2.75) is 81.6 Å². The van der Waals surface area contributed by atoms with E-state index in [4.69, 9.17) is 19.7 Å². The lowest BCUT2D eigenvalue weighted by molar-refractivity contribution is 0.00347. The van der Waals surface area contributed by atoms with E-state index in [9.17, 15) is 0 Å². The summed E-state index contributed by atoms with van der Waals surface area (Å²) in [4.78, 5) is 17.3. The van der Waals surface area contributed by atoms with Crippen molar-refractivity contribution in [2.75, 3.05) is 25.6 Å². The van der Waals surface area contributed by atoms with E-state index >= 15 is 0 Å². The number of fused-ring (bicyclic) bond motifs is 1. The second-order valence-corrected chi connectivity index (χ2v) is 10.9. The SMILES string of the molecule is CN(C)c1nc2nc([C@@H]3CCO[C@@H](c4c[nH]nc4C4CC4)C3)nc(C3CCCCC3)c2s1. The Bertz CT molecular complexity index is 1100. The van der Waals surface area contributed by atoms with E-state index in [0.29, 0.717) is 17.8 Å². The standard InChI is InChI=1S/C24H32N6OS/c1-30(2)24-28-23-21(32-24)20(14-6-4-3-5-7-14)26-22(27-23)16-10-11-31-18(12-16)17-13-25-29-19(17)15-8-9-15/h13-16,18H,3-12H2,1-2H3,(H,25,29)/t16-,18-/m1/s1. The Balaban J connectivity index is 1.35. The Morgan fingerprint density at radius 3 is 2.53 bits per heavy atom. The number of aromatic amines is 1. The number of thiazole rings is 1. The van der Waals surface area contributed by atoms with Gasteiger partial charge in [-0.1, -0.05) is 30.6 Å². The smallest absolute Gasteiger partial charge is 0.187 e. The Labute approximate surface area is 193 Å².